The molecule has 4 rings (SSSR count). The first-order valence-electron chi connectivity index (χ1n) is 7.76. The van der Waals surface area contributed by atoms with E-state index in [1.165, 1.54) is 0 Å². The van der Waals surface area contributed by atoms with E-state index < -0.39 is 0 Å². The summed E-state index contributed by atoms with van der Waals surface area (Å²) in [5.41, 5.74) is 11.6. The minimum absolute atomic E-state index is 0.291. The number of aromatic nitrogens is 4. The molecule has 0 spiro atoms. The molecule has 0 aliphatic heterocycles. The molecule has 0 saturated carbocycles. The summed E-state index contributed by atoms with van der Waals surface area (Å²) in [5, 5.41) is 6.79. The molecule has 24 heavy (non-hydrogen) atoms. The number of hydrogen-bond acceptors (Lipinski definition) is 3. The van der Waals surface area contributed by atoms with Gasteiger partial charge >= 0.3 is 0 Å². The molecular weight excluding hydrogens is 298 g/mol. The molecule has 0 aliphatic rings. The number of nitrogens with two attached hydrogens (primary N) is 1. The molecule has 2 aromatic carbocycles. The highest BCUT2D eigenvalue weighted by Crippen LogP contribution is 2.24. The van der Waals surface area contributed by atoms with Gasteiger partial charge in [0.15, 0.2) is 0 Å². The fraction of sp³-hybridized carbons (Fsp3) is 0.0526. The number of nitrogens with one attached hydrogen (secondary N) is 2. The fourth-order valence-electron chi connectivity index (χ4n) is 2.71. The number of hydrogen-bond donors (Lipinski definition) is 3. The van der Waals surface area contributed by atoms with Crippen LogP contribution in [0.4, 0.5) is 0 Å². The van der Waals surface area contributed by atoms with Crippen LogP contribution >= 0.6 is 0 Å². The summed E-state index contributed by atoms with van der Waals surface area (Å²) in [4.78, 5) is 7.76. The maximum atomic E-state index is 6.36. The lowest BCUT2D eigenvalue weighted by Crippen LogP contribution is -2.13. The highest BCUT2D eigenvalue weighted by molar-refractivity contribution is 5.62. The van der Waals surface area contributed by atoms with Crippen LogP contribution in [0.15, 0.2) is 73.2 Å². The van der Waals surface area contributed by atoms with E-state index in [1.54, 1.807) is 6.20 Å². The largest absolute Gasteiger partial charge is 0.340 e. The monoisotopic (exact) mass is 315 g/mol. The molecule has 5 nitrogen and oxygen atoms in total. The molecular formula is C19H17N5. The van der Waals surface area contributed by atoms with Gasteiger partial charge in [-0.25, -0.2) is 4.98 Å². The van der Waals surface area contributed by atoms with Crippen LogP contribution in [0.2, 0.25) is 0 Å². The second-order valence-corrected chi connectivity index (χ2v) is 5.63. The van der Waals surface area contributed by atoms with Gasteiger partial charge < -0.3 is 10.7 Å². The van der Waals surface area contributed by atoms with Crippen molar-refractivity contribution < 1.29 is 0 Å². The van der Waals surface area contributed by atoms with Gasteiger partial charge in [0.25, 0.3) is 0 Å². The van der Waals surface area contributed by atoms with Gasteiger partial charge in [-0.1, -0.05) is 54.6 Å². The van der Waals surface area contributed by atoms with E-state index in [0.717, 1.165) is 33.8 Å². The number of aromatic amines is 2. The summed E-state index contributed by atoms with van der Waals surface area (Å²) >= 11 is 0. The lowest BCUT2D eigenvalue weighted by atomic mass is 10.0. The van der Waals surface area contributed by atoms with Crippen molar-refractivity contribution in [3.63, 3.8) is 0 Å². The van der Waals surface area contributed by atoms with Crippen LogP contribution in [0.1, 0.15) is 17.4 Å². The van der Waals surface area contributed by atoms with Crippen LogP contribution in [-0.4, -0.2) is 20.2 Å². The predicted molar refractivity (Wildman–Crippen MR) is 94.1 cm³/mol. The SMILES string of the molecule is NC(c1ccc(-c2cn[nH]c2)cc1)c1ncc(-c2ccccc2)[nH]1. The Morgan fingerprint density at radius 2 is 1.62 bits per heavy atom. The van der Waals surface area contributed by atoms with Crippen LogP contribution in [0.25, 0.3) is 22.4 Å². The highest BCUT2D eigenvalue weighted by Gasteiger charge is 2.13. The predicted octanol–water partition coefficient (Wildman–Crippen LogP) is 3.51. The quantitative estimate of drug-likeness (QED) is 0.539. The molecule has 0 aliphatic carbocycles. The third-order valence-electron chi connectivity index (χ3n) is 4.08. The molecule has 118 valence electrons. The molecule has 0 fully saturated rings. The van der Waals surface area contributed by atoms with Crippen LogP contribution < -0.4 is 5.73 Å². The van der Waals surface area contributed by atoms with Gasteiger partial charge in [0.1, 0.15) is 5.82 Å². The van der Waals surface area contributed by atoms with Gasteiger partial charge in [0, 0.05) is 11.8 Å². The van der Waals surface area contributed by atoms with E-state index >= 15 is 0 Å². The third-order valence-corrected chi connectivity index (χ3v) is 4.08. The number of H-pyrrole nitrogens is 2. The van der Waals surface area contributed by atoms with Crippen molar-refractivity contribution >= 4 is 0 Å². The normalized spacial score (nSPS) is 12.2. The number of rotatable bonds is 4. The van der Waals surface area contributed by atoms with E-state index in [-0.39, 0.29) is 6.04 Å². The molecule has 2 heterocycles. The second kappa shape index (κ2) is 6.14. The summed E-state index contributed by atoms with van der Waals surface area (Å²) in [6.07, 6.45) is 5.49. The lowest BCUT2D eigenvalue weighted by Gasteiger charge is -2.10. The van der Waals surface area contributed by atoms with Gasteiger partial charge in [0.2, 0.25) is 0 Å². The Hall–Kier alpha value is -3.18. The first-order valence-corrected chi connectivity index (χ1v) is 7.76. The Morgan fingerprint density at radius 1 is 0.833 bits per heavy atom. The number of imidazole rings is 1. The maximum Gasteiger partial charge on any atom is 0.128 e. The summed E-state index contributed by atoms with van der Waals surface area (Å²) in [6, 6.07) is 17.9. The average Bonchev–Trinajstić information content (AvgIpc) is 3.34. The van der Waals surface area contributed by atoms with Crippen molar-refractivity contribution in [2.45, 2.75) is 6.04 Å². The molecule has 4 N–H and O–H groups in total. The van der Waals surface area contributed by atoms with Crippen molar-refractivity contribution in [2.75, 3.05) is 0 Å². The van der Waals surface area contributed by atoms with Crippen molar-refractivity contribution in [3.8, 4) is 22.4 Å². The van der Waals surface area contributed by atoms with E-state index in [4.69, 9.17) is 5.73 Å². The van der Waals surface area contributed by atoms with Crippen LogP contribution in [-0.2, 0) is 0 Å². The Bertz CT molecular complexity index is 908. The van der Waals surface area contributed by atoms with E-state index in [9.17, 15) is 0 Å². The first kappa shape index (κ1) is 14.4. The summed E-state index contributed by atoms with van der Waals surface area (Å²) in [7, 11) is 0. The Balaban J connectivity index is 1.58. The third kappa shape index (κ3) is 2.73. The van der Waals surface area contributed by atoms with Crippen molar-refractivity contribution in [1.29, 1.82) is 0 Å². The first-order chi connectivity index (χ1) is 11.8. The minimum Gasteiger partial charge on any atom is -0.340 e. The molecule has 2 aromatic heterocycles. The van der Waals surface area contributed by atoms with Gasteiger partial charge in [-0.3, -0.25) is 5.10 Å². The van der Waals surface area contributed by atoms with E-state index in [2.05, 4.69) is 20.2 Å². The van der Waals surface area contributed by atoms with Gasteiger partial charge in [-0.15, -0.1) is 0 Å². The number of benzene rings is 2. The lowest BCUT2D eigenvalue weighted by molar-refractivity contribution is 0.802. The summed E-state index contributed by atoms with van der Waals surface area (Å²) in [6.45, 7) is 0. The van der Waals surface area contributed by atoms with Crippen molar-refractivity contribution in [1.82, 2.24) is 20.2 Å². The molecule has 1 unspecified atom stereocenters. The zero-order valence-corrected chi connectivity index (χ0v) is 13.0. The zero-order chi connectivity index (χ0) is 16.4. The van der Waals surface area contributed by atoms with E-state index in [0.29, 0.717) is 0 Å². The standard InChI is InChI=1S/C19H17N5/c20-18(15-8-6-13(7-9-15)16-10-22-23-11-16)19-21-12-17(24-19)14-4-2-1-3-5-14/h1-12,18H,20H2,(H,21,24)(H,22,23). The molecule has 0 radical (unpaired) electrons. The second-order valence-electron chi connectivity index (χ2n) is 5.63. The fourth-order valence-corrected chi connectivity index (χ4v) is 2.71. The van der Waals surface area contributed by atoms with Crippen LogP contribution in [0, 0.1) is 0 Å². The van der Waals surface area contributed by atoms with E-state index in [1.807, 2.05) is 67.0 Å². The van der Waals surface area contributed by atoms with Gasteiger partial charge in [0.05, 0.1) is 24.1 Å². The smallest absolute Gasteiger partial charge is 0.128 e. The molecule has 4 aromatic rings. The molecule has 1 atom stereocenters. The summed E-state index contributed by atoms with van der Waals surface area (Å²) in [5.74, 6) is 0.755. The highest BCUT2D eigenvalue weighted by atomic mass is 15.1. The van der Waals surface area contributed by atoms with Gasteiger partial charge in [-0.2, -0.15) is 5.10 Å². The van der Waals surface area contributed by atoms with Crippen LogP contribution in [0.3, 0.4) is 0 Å². The van der Waals surface area contributed by atoms with Gasteiger partial charge in [-0.05, 0) is 16.7 Å². The average molecular weight is 315 g/mol. The molecule has 0 bridgehead atoms. The minimum atomic E-state index is -0.291. The topological polar surface area (TPSA) is 83.4 Å². The van der Waals surface area contributed by atoms with Crippen molar-refractivity contribution in [2.24, 2.45) is 5.73 Å². The summed E-state index contributed by atoms with van der Waals surface area (Å²) < 4.78 is 0. The zero-order valence-electron chi connectivity index (χ0n) is 13.0. The van der Waals surface area contributed by atoms with Crippen molar-refractivity contribution in [3.05, 3.63) is 84.6 Å². The molecule has 5 heteroatoms. The Morgan fingerprint density at radius 3 is 2.33 bits per heavy atom. The Kier molecular flexibility index (Phi) is 3.69. The molecule has 0 saturated heterocycles. The maximum absolute atomic E-state index is 6.36. The number of nitrogens with zero attached hydrogens (tertiary/aromatic N) is 2. The van der Waals surface area contributed by atoms with Crippen LogP contribution in [0.5, 0.6) is 0 Å². The molecule has 0 amide bonds. The Labute approximate surface area is 139 Å².